The van der Waals surface area contributed by atoms with E-state index in [4.69, 9.17) is 14.2 Å². The van der Waals surface area contributed by atoms with Gasteiger partial charge >= 0.3 is 5.97 Å². The van der Waals surface area contributed by atoms with Gasteiger partial charge in [0.2, 0.25) is 0 Å². The summed E-state index contributed by atoms with van der Waals surface area (Å²) < 4.78 is 15.3. The maximum atomic E-state index is 11.5. The van der Waals surface area contributed by atoms with Crippen LogP contribution in [0.5, 0.6) is 0 Å². The number of nitrogens with zero attached hydrogens (tertiary/aromatic N) is 1. The topological polar surface area (TPSA) is 48.0 Å². The van der Waals surface area contributed by atoms with Crippen LogP contribution >= 0.6 is 0 Å². The van der Waals surface area contributed by atoms with Crippen molar-refractivity contribution in [3.05, 3.63) is 0 Å². The molecule has 0 amide bonds. The summed E-state index contributed by atoms with van der Waals surface area (Å²) in [4.78, 5) is 13.6. The van der Waals surface area contributed by atoms with Crippen LogP contribution < -0.4 is 0 Å². The summed E-state index contributed by atoms with van der Waals surface area (Å²) >= 11 is 0. The lowest BCUT2D eigenvalue weighted by Gasteiger charge is -2.33. The van der Waals surface area contributed by atoms with E-state index in [1.807, 2.05) is 6.92 Å². The average Bonchev–Trinajstić information content (AvgIpc) is 2.34. The maximum Gasteiger partial charge on any atom is 0.325 e. The molecule has 0 N–H and O–H groups in total. The van der Waals surface area contributed by atoms with Gasteiger partial charge in [0, 0.05) is 26.3 Å². The minimum atomic E-state index is -0.250. The Bertz CT molecular complexity index is 210. The van der Waals surface area contributed by atoms with Gasteiger partial charge in [-0.3, -0.25) is 9.69 Å². The number of morpholine rings is 1. The maximum absolute atomic E-state index is 11.5. The van der Waals surface area contributed by atoms with E-state index in [1.54, 1.807) is 0 Å². The highest BCUT2D eigenvalue weighted by atomic mass is 16.5. The van der Waals surface area contributed by atoms with Crippen molar-refractivity contribution < 1.29 is 19.0 Å². The zero-order valence-electron chi connectivity index (χ0n) is 10.1. The zero-order valence-corrected chi connectivity index (χ0v) is 10.1. The van der Waals surface area contributed by atoms with Crippen molar-refractivity contribution in [1.82, 2.24) is 4.90 Å². The predicted octanol–water partition coefficient (Wildman–Crippen LogP) is 0.287. The molecule has 0 aromatic rings. The number of carbonyl (C=O) groups excluding carboxylic acids is 1. The number of carbonyl (C=O) groups is 1. The monoisotopic (exact) mass is 231 g/mol. The first kappa shape index (κ1) is 13.4. The minimum absolute atomic E-state index is 0.212. The third-order valence-electron chi connectivity index (χ3n) is 2.65. The highest BCUT2D eigenvalue weighted by Gasteiger charge is 2.29. The molecule has 1 aliphatic heterocycles. The zero-order chi connectivity index (χ0) is 11.8. The molecule has 0 bridgehead atoms. The molecular weight excluding hydrogens is 210 g/mol. The fourth-order valence-corrected chi connectivity index (χ4v) is 1.77. The first-order valence-corrected chi connectivity index (χ1v) is 5.77. The van der Waals surface area contributed by atoms with Gasteiger partial charge in [-0.25, -0.2) is 0 Å². The van der Waals surface area contributed by atoms with Crippen molar-refractivity contribution >= 4 is 5.97 Å². The molecule has 0 aromatic carbocycles. The second-order valence-corrected chi connectivity index (χ2v) is 3.70. The van der Waals surface area contributed by atoms with Gasteiger partial charge in [0.25, 0.3) is 0 Å². The largest absolute Gasteiger partial charge is 0.468 e. The molecule has 5 nitrogen and oxygen atoms in total. The van der Waals surface area contributed by atoms with Gasteiger partial charge in [0.05, 0.1) is 20.3 Å². The molecule has 94 valence electrons. The van der Waals surface area contributed by atoms with Crippen LogP contribution in [0, 0.1) is 0 Å². The lowest BCUT2D eigenvalue weighted by molar-refractivity contribution is -0.153. The Kier molecular flexibility index (Phi) is 6.37. The first-order chi connectivity index (χ1) is 7.79. The average molecular weight is 231 g/mol. The summed E-state index contributed by atoms with van der Waals surface area (Å²) in [5.41, 5.74) is 0. The molecule has 1 atom stereocenters. The van der Waals surface area contributed by atoms with Crippen molar-refractivity contribution in [2.45, 2.75) is 19.4 Å². The van der Waals surface area contributed by atoms with E-state index >= 15 is 0 Å². The minimum Gasteiger partial charge on any atom is -0.468 e. The molecule has 0 saturated carbocycles. The summed E-state index contributed by atoms with van der Waals surface area (Å²) in [6, 6.07) is -0.250. The van der Waals surface area contributed by atoms with Gasteiger partial charge in [-0.1, -0.05) is 0 Å². The standard InChI is InChI=1S/C11H21NO4/c1-3-15-7-4-5-12-6-8-16-9-10(12)11(13)14-2/h10H,3-9H2,1-2H3. The number of ether oxygens (including phenoxy) is 3. The van der Waals surface area contributed by atoms with Gasteiger partial charge in [0.15, 0.2) is 0 Å². The lowest BCUT2D eigenvalue weighted by atomic mass is 10.2. The van der Waals surface area contributed by atoms with E-state index in [0.29, 0.717) is 13.2 Å². The number of methoxy groups -OCH3 is 1. The van der Waals surface area contributed by atoms with Gasteiger partial charge in [0.1, 0.15) is 6.04 Å². The van der Waals surface area contributed by atoms with E-state index < -0.39 is 0 Å². The first-order valence-electron chi connectivity index (χ1n) is 5.77. The van der Waals surface area contributed by atoms with Crippen LogP contribution in [0.4, 0.5) is 0 Å². The van der Waals surface area contributed by atoms with Gasteiger partial charge in [-0.15, -0.1) is 0 Å². The molecule has 0 aromatic heterocycles. The molecule has 1 aliphatic rings. The summed E-state index contributed by atoms with van der Waals surface area (Å²) in [6.45, 7) is 6.20. The second-order valence-electron chi connectivity index (χ2n) is 3.70. The van der Waals surface area contributed by atoms with Crippen LogP contribution in [0.25, 0.3) is 0 Å². The molecule has 1 rings (SSSR count). The van der Waals surface area contributed by atoms with E-state index in [2.05, 4.69) is 4.90 Å². The Labute approximate surface area is 96.6 Å². The number of esters is 1. The van der Waals surface area contributed by atoms with Gasteiger partial charge in [-0.05, 0) is 13.3 Å². The third-order valence-corrected chi connectivity index (χ3v) is 2.65. The fourth-order valence-electron chi connectivity index (χ4n) is 1.77. The predicted molar refractivity (Wildman–Crippen MR) is 59.3 cm³/mol. The highest BCUT2D eigenvalue weighted by Crippen LogP contribution is 2.09. The van der Waals surface area contributed by atoms with Crippen molar-refractivity contribution in [2.24, 2.45) is 0 Å². The second kappa shape index (κ2) is 7.60. The Morgan fingerprint density at radius 2 is 2.38 bits per heavy atom. The van der Waals surface area contributed by atoms with Gasteiger partial charge in [-0.2, -0.15) is 0 Å². The smallest absolute Gasteiger partial charge is 0.325 e. The molecule has 16 heavy (non-hydrogen) atoms. The van der Waals surface area contributed by atoms with Gasteiger partial charge < -0.3 is 14.2 Å². The van der Waals surface area contributed by atoms with Crippen LogP contribution in [0.2, 0.25) is 0 Å². The van der Waals surface area contributed by atoms with Crippen LogP contribution in [-0.2, 0) is 19.0 Å². The molecule has 1 saturated heterocycles. The summed E-state index contributed by atoms with van der Waals surface area (Å²) in [5.74, 6) is -0.212. The van der Waals surface area contributed by atoms with Crippen LogP contribution in [0.15, 0.2) is 0 Å². The van der Waals surface area contributed by atoms with E-state index in [-0.39, 0.29) is 12.0 Å². The third kappa shape index (κ3) is 4.08. The highest BCUT2D eigenvalue weighted by molar-refractivity contribution is 5.75. The molecule has 1 fully saturated rings. The van der Waals surface area contributed by atoms with E-state index in [9.17, 15) is 4.79 Å². The Balaban J connectivity index is 2.32. The Morgan fingerprint density at radius 1 is 1.56 bits per heavy atom. The molecule has 1 heterocycles. The molecule has 1 unspecified atom stereocenters. The van der Waals surface area contributed by atoms with Crippen LogP contribution in [0.3, 0.4) is 0 Å². The van der Waals surface area contributed by atoms with Crippen molar-refractivity contribution in [3.63, 3.8) is 0 Å². The Hall–Kier alpha value is -0.650. The van der Waals surface area contributed by atoms with E-state index in [0.717, 1.165) is 32.7 Å². The molecular formula is C11H21NO4. The molecule has 0 radical (unpaired) electrons. The normalized spacial score (nSPS) is 22.0. The van der Waals surface area contributed by atoms with E-state index in [1.165, 1.54) is 7.11 Å². The van der Waals surface area contributed by atoms with Crippen molar-refractivity contribution in [1.29, 1.82) is 0 Å². The van der Waals surface area contributed by atoms with Crippen molar-refractivity contribution in [2.75, 3.05) is 46.6 Å². The molecule has 0 aliphatic carbocycles. The number of hydrogen-bond donors (Lipinski definition) is 0. The number of rotatable bonds is 6. The SMILES string of the molecule is CCOCCCN1CCOCC1C(=O)OC. The quantitative estimate of drug-likeness (QED) is 0.485. The Morgan fingerprint density at radius 3 is 3.06 bits per heavy atom. The summed E-state index contributed by atoms with van der Waals surface area (Å²) in [6.07, 6.45) is 0.932. The van der Waals surface area contributed by atoms with Crippen molar-refractivity contribution in [3.8, 4) is 0 Å². The molecule has 0 spiro atoms. The summed E-state index contributed by atoms with van der Waals surface area (Å²) in [5, 5.41) is 0. The lowest BCUT2D eigenvalue weighted by Crippen LogP contribution is -2.50. The van der Waals surface area contributed by atoms with Crippen LogP contribution in [-0.4, -0.2) is 63.5 Å². The molecule has 5 heteroatoms. The number of hydrogen-bond acceptors (Lipinski definition) is 5. The summed E-state index contributed by atoms with van der Waals surface area (Å²) in [7, 11) is 1.41. The van der Waals surface area contributed by atoms with Crippen LogP contribution in [0.1, 0.15) is 13.3 Å². The fraction of sp³-hybridized carbons (Fsp3) is 0.909.